The summed E-state index contributed by atoms with van der Waals surface area (Å²) in [5.74, 6) is -0.446. The zero-order valence-electron chi connectivity index (χ0n) is 26.2. The smallest absolute Gasteiger partial charge is 0.317 e. The average molecular weight is 525 g/mol. The predicted octanol–water partition coefficient (Wildman–Crippen LogP) is 8.76. The van der Waals surface area contributed by atoms with Crippen molar-refractivity contribution in [1.82, 2.24) is 0 Å². The van der Waals surface area contributed by atoms with Gasteiger partial charge in [0.05, 0.1) is 6.61 Å². The molecule has 0 atom stereocenters. The number of phenolic OH excluding ortho intramolecular Hbond substituents is 2. The molecule has 0 fully saturated rings. The van der Waals surface area contributed by atoms with Crippen LogP contribution < -0.4 is 0 Å². The van der Waals surface area contributed by atoms with E-state index in [9.17, 15) is 15.0 Å². The van der Waals surface area contributed by atoms with Gasteiger partial charge >= 0.3 is 5.97 Å². The molecule has 38 heavy (non-hydrogen) atoms. The molecule has 0 aromatic heterocycles. The van der Waals surface area contributed by atoms with E-state index in [1.807, 2.05) is 24.3 Å². The molecule has 2 aromatic carbocycles. The van der Waals surface area contributed by atoms with E-state index in [-0.39, 0.29) is 39.1 Å². The highest BCUT2D eigenvalue weighted by Gasteiger charge is 2.34. The van der Waals surface area contributed by atoms with Crippen LogP contribution in [0.2, 0.25) is 0 Å². The highest BCUT2D eigenvalue weighted by molar-refractivity contribution is 5.83. The van der Waals surface area contributed by atoms with Gasteiger partial charge in [0.15, 0.2) is 0 Å². The summed E-state index contributed by atoms with van der Waals surface area (Å²) in [6.45, 7) is 27.3. The minimum atomic E-state index is -0.697. The fourth-order valence-corrected chi connectivity index (χ4v) is 4.80. The molecule has 0 saturated carbocycles. The minimum absolute atomic E-state index is 0.281. The van der Waals surface area contributed by atoms with E-state index in [0.717, 1.165) is 46.2 Å². The maximum Gasteiger partial charge on any atom is 0.317 e. The molecule has 0 heterocycles. The standard InChI is InChI=1S/C34H52O4/c1-14-15-16-38-30(37)27(21-17-23(31(2,3)4)28(35)24(18-21)32(5,6)7)22-19-25(33(8,9)10)29(36)26(20-22)34(11,12)13/h17-20,27,35-36H,14-16H2,1-13H3. The molecule has 2 rings (SSSR count). The highest BCUT2D eigenvalue weighted by Crippen LogP contribution is 2.45. The van der Waals surface area contributed by atoms with Crippen molar-refractivity contribution in [2.24, 2.45) is 0 Å². The Balaban J connectivity index is 3.01. The molecule has 212 valence electrons. The van der Waals surface area contributed by atoms with Gasteiger partial charge in [-0.25, -0.2) is 0 Å². The number of phenols is 2. The van der Waals surface area contributed by atoms with E-state index >= 15 is 0 Å². The van der Waals surface area contributed by atoms with Crippen LogP contribution in [-0.4, -0.2) is 22.8 Å². The minimum Gasteiger partial charge on any atom is -0.507 e. The van der Waals surface area contributed by atoms with E-state index in [0.29, 0.717) is 6.61 Å². The Morgan fingerprint density at radius 3 is 1.18 bits per heavy atom. The zero-order valence-corrected chi connectivity index (χ0v) is 26.2. The van der Waals surface area contributed by atoms with Crippen molar-refractivity contribution < 1.29 is 19.7 Å². The fraction of sp³-hybridized carbons (Fsp3) is 0.618. The summed E-state index contributed by atoms with van der Waals surface area (Å²) in [4.78, 5) is 13.9. The molecule has 0 aliphatic rings. The summed E-state index contributed by atoms with van der Waals surface area (Å²) in [5.41, 5.74) is 3.47. The van der Waals surface area contributed by atoms with Gasteiger partial charge in [0, 0.05) is 0 Å². The summed E-state index contributed by atoms with van der Waals surface area (Å²) in [6.07, 6.45) is 1.73. The Morgan fingerprint density at radius 2 is 0.947 bits per heavy atom. The number of hydrogen-bond donors (Lipinski definition) is 2. The summed E-state index contributed by atoms with van der Waals surface area (Å²) in [6, 6.07) is 7.88. The van der Waals surface area contributed by atoms with E-state index in [4.69, 9.17) is 4.74 Å². The number of unbranched alkanes of at least 4 members (excludes halogenated alkanes) is 1. The van der Waals surface area contributed by atoms with Crippen LogP contribution in [0.1, 0.15) is 142 Å². The van der Waals surface area contributed by atoms with Gasteiger partial charge in [-0.15, -0.1) is 0 Å². The molecular formula is C34H52O4. The van der Waals surface area contributed by atoms with Crippen molar-refractivity contribution in [1.29, 1.82) is 0 Å². The molecule has 0 radical (unpaired) electrons. The second kappa shape index (κ2) is 10.9. The average Bonchev–Trinajstić information content (AvgIpc) is 2.72. The van der Waals surface area contributed by atoms with Gasteiger partial charge in [-0.2, -0.15) is 0 Å². The Labute approximate surface area is 231 Å². The fourth-order valence-electron chi connectivity index (χ4n) is 4.80. The van der Waals surface area contributed by atoms with Crippen LogP contribution in [0.4, 0.5) is 0 Å². The molecular weight excluding hydrogens is 472 g/mol. The molecule has 0 bridgehead atoms. The molecule has 0 spiro atoms. The van der Waals surface area contributed by atoms with E-state index in [2.05, 4.69) is 90.0 Å². The molecule has 0 amide bonds. The molecule has 2 N–H and O–H groups in total. The van der Waals surface area contributed by atoms with Gasteiger partial charge in [0.1, 0.15) is 17.4 Å². The van der Waals surface area contributed by atoms with Crippen LogP contribution in [0.3, 0.4) is 0 Å². The van der Waals surface area contributed by atoms with Crippen molar-refractivity contribution in [2.75, 3.05) is 6.61 Å². The van der Waals surface area contributed by atoms with Crippen molar-refractivity contribution in [3.05, 3.63) is 57.6 Å². The zero-order chi connectivity index (χ0) is 29.4. The van der Waals surface area contributed by atoms with Crippen LogP contribution in [-0.2, 0) is 31.2 Å². The highest BCUT2D eigenvalue weighted by atomic mass is 16.5. The van der Waals surface area contributed by atoms with Gasteiger partial charge in [0.25, 0.3) is 0 Å². The van der Waals surface area contributed by atoms with Crippen molar-refractivity contribution in [2.45, 2.75) is 130 Å². The Hall–Kier alpha value is -2.49. The second-order valence-corrected chi connectivity index (χ2v) is 14.9. The summed E-state index contributed by atoms with van der Waals surface area (Å²) in [5, 5.41) is 22.7. The number of ether oxygens (including phenoxy) is 1. The van der Waals surface area contributed by atoms with Gasteiger partial charge in [-0.1, -0.05) is 121 Å². The van der Waals surface area contributed by atoms with E-state index in [1.165, 1.54) is 0 Å². The Bertz CT molecular complexity index is 993. The van der Waals surface area contributed by atoms with Crippen LogP contribution in [0.5, 0.6) is 11.5 Å². The lowest BCUT2D eigenvalue weighted by molar-refractivity contribution is -0.144. The number of carbonyl (C=O) groups is 1. The number of benzene rings is 2. The third kappa shape index (κ3) is 7.12. The third-order valence-electron chi connectivity index (χ3n) is 7.14. The number of rotatable bonds is 6. The molecule has 0 aliphatic carbocycles. The lowest BCUT2D eigenvalue weighted by Gasteiger charge is -2.31. The van der Waals surface area contributed by atoms with Crippen LogP contribution in [0, 0.1) is 0 Å². The van der Waals surface area contributed by atoms with Crippen molar-refractivity contribution >= 4 is 5.97 Å². The second-order valence-electron chi connectivity index (χ2n) is 14.9. The predicted molar refractivity (Wildman–Crippen MR) is 159 cm³/mol. The monoisotopic (exact) mass is 524 g/mol. The number of hydrogen-bond acceptors (Lipinski definition) is 4. The maximum atomic E-state index is 13.9. The van der Waals surface area contributed by atoms with E-state index in [1.54, 1.807) is 0 Å². The topological polar surface area (TPSA) is 66.8 Å². The Morgan fingerprint density at radius 1 is 0.658 bits per heavy atom. The number of esters is 1. The molecule has 2 aromatic rings. The first-order valence-electron chi connectivity index (χ1n) is 14.0. The maximum absolute atomic E-state index is 13.9. The van der Waals surface area contributed by atoms with Gasteiger partial charge < -0.3 is 14.9 Å². The van der Waals surface area contributed by atoms with Gasteiger partial charge in [-0.05, 0) is 61.5 Å². The van der Waals surface area contributed by atoms with Gasteiger partial charge in [-0.3, -0.25) is 4.79 Å². The van der Waals surface area contributed by atoms with Crippen molar-refractivity contribution in [3.8, 4) is 11.5 Å². The SMILES string of the molecule is CCCCOC(=O)C(c1cc(C(C)(C)C)c(O)c(C(C)(C)C)c1)c1cc(C(C)(C)C)c(O)c(C(C)(C)C)c1. The van der Waals surface area contributed by atoms with Crippen molar-refractivity contribution in [3.63, 3.8) is 0 Å². The lowest BCUT2D eigenvalue weighted by Crippen LogP contribution is -2.24. The third-order valence-corrected chi connectivity index (χ3v) is 7.14. The van der Waals surface area contributed by atoms with Crippen LogP contribution in [0.25, 0.3) is 0 Å². The molecule has 4 heteroatoms. The first-order valence-corrected chi connectivity index (χ1v) is 14.0. The lowest BCUT2D eigenvalue weighted by atomic mass is 9.74. The summed E-state index contributed by atoms with van der Waals surface area (Å²) < 4.78 is 5.85. The first kappa shape index (κ1) is 31.7. The first-order chi connectivity index (χ1) is 17.1. The number of aromatic hydroxyl groups is 2. The van der Waals surface area contributed by atoms with E-state index < -0.39 is 5.92 Å². The summed E-state index contributed by atoms with van der Waals surface area (Å²) in [7, 11) is 0. The summed E-state index contributed by atoms with van der Waals surface area (Å²) >= 11 is 0. The largest absolute Gasteiger partial charge is 0.507 e. The molecule has 4 nitrogen and oxygen atoms in total. The normalized spacial score (nSPS) is 13.2. The Kier molecular flexibility index (Phi) is 9.14. The quantitative estimate of drug-likeness (QED) is 0.293. The van der Waals surface area contributed by atoms with Crippen LogP contribution >= 0.6 is 0 Å². The molecule has 0 aliphatic heterocycles. The van der Waals surface area contributed by atoms with Crippen LogP contribution in [0.15, 0.2) is 24.3 Å². The van der Waals surface area contributed by atoms with Gasteiger partial charge in [0.2, 0.25) is 0 Å². The molecule has 0 saturated heterocycles. The molecule has 0 unspecified atom stereocenters. The number of carbonyl (C=O) groups excluding carboxylic acids is 1.